The van der Waals surface area contributed by atoms with Crippen LogP contribution in [0.2, 0.25) is 0 Å². The molecule has 2 unspecified atom stereocenters. The van der Waals surface area contributed by atoms with Gasteiger partial charge in [0.1, 0.15) is 0 Å². The minimum absolute atomic E-state index is 0.249. The van der Waals surface area contributed by atoms with Gasteiger partial charge in [-0.3, -0.25) is 9.35 Å². The van der Waals surface area contributed by atoms with Crippen LogP contribution < -0.4 is 5.32 Å². The molecule has 0 rings (SSSR count). The predicted molar refractivity (Wildman–Crippen MR) is 202 cm³/mol. The van der Waals surface area contributed by atoms with E-state index in [2.05, 4.69) is 43.5 Å². The number of aliphatic hydroxyl groups excluding tert-OH is 1. The summed E-state index contributed by atoms with van der Waals surface area (Å²) in [5.74, 6) is -0.897. The molecule has 0 aromatic rings. The Bertz CT molecular complexity index is 842. The molecule has 1 amide bonds. The minimum Gasteiger partial charge on any atom is -0.391 e. The second-order valence-electron chi connectivity index (χ2n) is 13.9. The van der Waals surface area contributed by atoms with E-state index >= 15 is 0 Å². The van der Waals surface area contributed by atoms with Gasteiger partial charge in [0.2, 0.25) is 5.91 Å². The fraction of sp³-hybridized carbons (Fsp3) is 0.875. The third-order valence-corrected chi connectivity index (χ3v) is 9.94. The van der Waals surface area contributed by atoms with Crippen LogP contribution >= 0.6 is 0 Å². The average Bonchev–Trinajstić information content (AvgIpc) is 3.03. The van der Waals surface area contributed by atoms with E-state index in [1.54, 1.807) is 0 Å². The Hall–Kier alpha value is -1.18. The zero-order valence-corrected chi connectivity index (χ0v) is 31.7. The van der Waals surface area contributed by atoms with Crippen molar-refractivity contribution >= 4 is 16.0 Å². The van der Waals surface area contributed by atoms with Gasteiger partial charge in [0.25, 0.3) is 10.1 Å². The number of aliphatic hydroxyl groups is 1. The molecule has 0 fully saturated rings. The van der Waals surface area contributed by atoms with Crippen molar-refractivity contribution in [3.05, 3.63) is 24.3 Å². The Morgan fingerprint density at radius 2 is 0.957 bits per heavy atom. The molecule has 47 heavy (non-hydrogen) atoms. The van der Waals surface area contributed by atoms with Gasteiger partial charge in [-0.15, -0.1) is 0 Å². The second kappa shape index (κ2) is 34.7. The topological polar surface area (TPSA) is 104 Å². The summed E-state index contributed by atoms with van der Waals surface area (Å²) in [7, 11) is -4.30. The van der Waals surface area contributed by atoms with E-state index in [4.69, 9.17) is 0 Å². The van der Waals surface area contributed by atoms with Gasteiger partial charge in [-0.05, 0) is 44.9 Å². The van der Waals surface area contributed by atoms with E-state index in [9.17, 15) is 22.9 Å². The second-order valence-corrected chi connectivity index (χ2v) is 15.4. The Labute approximate surface area is 292 Å². The van der Waals surface area contributed by atoms with Crippen LogP contribution in [0.4, 0.5) is 0 Å². The van der Waals surface area contributed by atoms with Crippen molar-refractivity contribution in [2.45, 2.75) is 219 Å². The van der Waals surface area contributed by atoms with Crippen LogP contribution in [0, 0.1) is 0 Å². The summed E-state index contributed by atoms with van der Waals surface area (Å²) >= 11 is 0. The van der Waals surface area contributed by atoms with Crippen LogP contribution in [0.25, 0.3) is 0 Å². The van der Waals surface area contributed by atoms with Crippen molar-refractivity contribution in [2.24, 2.45) is 0 Å². The normalized spacial score (nSPS) is 13.5. The van der Waals surface area contributed by atoms with E-state index in [0.29, 0.717) is 12.8 Å². The highest BCUT2D eigenvalue weighted by molar-refractivity contribution is 7.85. The summed E-state index contributed by atoms with van der Waals surface area (Å²) in [5, 5.41) is 13.3. The summed E-state index contributed by atoms with van der Waals surface area (Å²) in [5.41, 5.74) is 0. The lowest BCUT2D eigenvalue weighted by molar-refractivity contribution is -0.122. The molecule has 7 heteroatoms. The molecule has 0 saturated heterocycles. The summed E-state index contributed by atoms with van der Waals surface area (Å²) in [4.78, 5) is 12.5. The third-order valence-electron chi connectivity index (χ3n) is 9.16. The molecule has 0 aliphatic heterocycles. The number of hydrogen-bond acceptors (Lipinski definition) is 4. The number of rotatable bonds is 36. The van der Waals surface area contributed by atoms with Gasteiger partial charge >= 0.3 is 0 Å². The lowest BCUT2D eigenvalue weighted by Gasteiger charge is -2.23. The Morgan fingerprint density at radius 3 is 1.38 bits per heavy atom. The number of carbonyl (C=O) groups is 1. The first kappa shape index (κ1) is 45.8. The van der Waals surface area contributed by atoms with Gasteiger partial charge in [-0.2, -0.15) is 8.42 Å². The fourth-order valence-electron chi connectivity index (χ4n) is 6.13. The van der Waals surface area contributed by atoms with Crippen LogP contribution in [-0.4, -0.2) is 41.9 Å². The van der Waals surface area contributed by atoms with Crippen molar-refractivity contribution in [1.29, 1.82) is 0 Å². The van der Waals surface area contributed by atoms with Gasteiger partial charge < -0.3 is 10.4 Å². The molecule has 0 aromatic carbocycles. The molecule has 0 spiro atoms. The summed E-state index contributed by atoms with van der Waals surface area (Å²) in [6.45, 7) is 4.48. The first-order valence-corrected chi connectivity index (χ1v) is 21.6. The molecular formula is C40H77NO5S. The smallest absolute Gasteiger partial charge is 0.266 e. The Kier molecular flexibility index (Phi) is 33.8. The molecular weight excluding hydrogens is 607 g/mol. The van der Waals surface area contributed by atoms with Crippen LogP contribution in [0.15, 0.2) is 24.3 Å². The zero-order chi connectivity index (χ0) is 34.7. The van der Waals surface area contributed by atoms with Crippen LogP contribution in [0.5, 0.6) is 0 Å². The number of amides is 1. The molecule has 3 N–H and O–H groups in total. The third kappa shape index (κ3) is 35.9. The fourth-order valence-corrected chi connectivity index (χ4v) is 6.89. The number of allylic oxidation sites excluding steroid dienone is 4. The Balaban J connectivity index is 3.76. The van der Waals surface area contributed by atoms with Crippen molar-refractivity contribution in [2.75, 3.05) is 5.75 Å². The van der Waals surface area contributed by atoms with E-state index in [0.717, 1.165) is 44.9 Å². The van der Waals surface area contributed by atoms with Crippen LogP contribution in [0.3, 0.4) is 0 Å². The standard InChI is InChI=1S/C40H77NO5S/c1-3-5-7-9-11-13-14-15-16-17-18-19-20-21-22-23-24-25-26-28-30-32-34-36-40(43)41-38(37-47(44,45)46)39(42)35-33-31-29-27-12-10-8-6-4-2/h14-15,17-18,38-39,42H,3-13,16,19-37H2,1-2H3,(H,41,43)(H,44,45,46)/b15-14-,18-17-. The molecule has 6 nitrogen and oxygen atoms in total. The molecule has 0 heterocycles. The van der Waals surface area contributed by atoms with Crippen LogP contribution in [0.1, 0.15) is 206 Å². The zero-order valence-electron chi connectivity index (χ0n) is 30.9. The number of nitrogens with one attached hydrogen (secondary N) is 1. The highest BCUT2D eigenvalue weighted by Crippen LogP contribution is 2.15. The average molecular weight is 684 g/mol. The van der Waals surface area contributed by atoms with Gasteiger partial charge in [0.05, 0.1) is 17.9 Å². The highest BCUT2D eigenvalue weighted by atomic mass is 32.2. The largest absolute Gasteiger partial charge is 0.391 e. The van der Waals surface area contributed by atoms with Gasteiger partial charge in [-0.25, -0.2) is 0 Å². The molecule has 278 valence electrons. The lowest BCUT2D eigenvalue weighted by atomic mass is 10.0. The van der Waals surface area contributed by atoms with E-state index in [-0.39, 0.29) is 5.91 Å². The summed E-state index contributed by atoms with van der Waals surface area (Å²) in [6.07, 6.45) is 42.8. The summed E-state index contributed by atoms with van der Waals surface area (Å²) < 4.78 is 32.4. The molecule has 2 atom stereocenters. The van der Waals surface area contributed by atoms with Gasteiger partial charge in [-0.1, -0.05) is 179 Å². The number of unbranched alkanes of at least 4 members (excludes halogenated alkanes) is 24. The lowest BCUT2D eigenvalue weighted by Crippen LogP contribution is -2.47. The van der Waals surface area contributed by atoms with Crippen molar-refractivity contribution < 1.29 is 22.9 Å². The van der Waals surface area contributed by atoms with Crippen molar-refractivity contribution in [1.82, 2.24) is 5.32 Å². The molecule has 0 aliphatic rings. The maximum absolute atomic E-state index is 12.5. The first-order chi connectivity index (χ1) is 22.8. The van der Waals surface area contributed by atoms with Crippen molar-refractivity contribution in [3.8, 4) is 0 Å². The molecule has 0 radical (unpaired) electrons. The number of hydrogen-bond donors (Lipinski definition) is 3. The van der Waals surface area contributed by atoms with Crippen LogP contribution in [-0.2, 0) is 14.9 Å². The molecule has 0 aliphatic carbocycles. The van der Waals surface area contributed by atoms with E-state index in [1.165, 1.54) is 135 Å². The van der Waals surface area contributed by atoms with Gasteiger partial charge in [0.15, 0.2) is 0 Å². The summed E-state index contributed by atoms with van der Waals surface area (Å²) in [6, 6.07) is -0.968. The first-order valence-electron chi connectivity index (χ1n) is 20.0. The van der Waals surface area contributed by atoms with Crippen molar-refractivity contribution in [3.63, 3.8) is 0 Å². The van der Waals surface area contributed by atoms with E-state index < -0.39 is 28.0 Å². The van der Waals surface area contributed by atoms with E-state index in [1.807, 2.05) is 0 Å². The Morgan fingerprint density at radius 1 is 0.574 bits per heavy atom. The quantitative estimate of drug-likeness (QED) is 0.0346. The molecule has 0 aromatic heterocycles. The predicted octanol–water partition coefficient (Wildman–Crippen LogP) is 11.6. The number of carbonyl (C=O) groups excluding carboxylic acids is 1. The maximum atomic E-state index is 12.5. The monoisotopic (exact) mass is 684 g/mol. The highest BCUT2D eigenvalue weighted by Gasteiger charge is 2.26. The minimum atomic E-state index is -4.30. The molecule has 0 saturated carbocycles. The molecule has 0 bridgehead atoms. The maximum Gasteiger partial charge on any atom is 0.266 e. The van der Waals surface area contributed by atoms with Gasteiger partial charge in [0, 0.05) is 6.42 Å². The SMILES string of the molecule is CCCCCCC/C=C\C/C=C\CCCCCCCCCCCCCC(=O)NC(CS(=O)(=O)O)C(O)CCCCCCCCCCC.